The van der Waals surface area contributed by atoms with Crippen molar-refractivity contribution in [2.45, 2.75) is 13.8 Å². The Balaban J connectivity index is 2.17. The van der Waals surface area contributed by atoms with Crippen LogP contribution in [-0.2, 0) is 0 Å². The van der Waals surface area contributed by atoms with Gasteiger partial charge in [-0.2, -0.15) is 0 Å². The third-order valence-corrected chi connectivity index (χ3v) is 3.93. The van der Waals surface area contributed by atoms with Crippen molar-refractivity contribution < 1.29 is 4.39 Å². The summed E-state index contributed by atoms with van der Waals surface area (Å²) in [6.45, 7) is 4.12. The number of aromatic nitrogens is 2. The highest BCUT2D eigenvalue weighted by Gasteiger charge is 2.08. The van der Waals surface area contributed by atoms with E-state index in [1.54, 1.807) is 6.07 Å². The molecule has 0 unspecified atom stereocenters. The molecule has 0 aliphatic heterocycles. The SMILES string of the molecule is Cc1cc2nc(-c3ccc(Br)c(F)c3)[nH]c2cc1C. The third kappa shape index (κ3) is 2.16. The molecule has 0 saturated carbocycles. The fourth-order valence-corrected chi connectivity index (χ4v) is 2.30. The van der Waals surface area contributed by atoms with Crippen LogP contribution in [0.3, 0.4) is 0 Å². The lowest BCUT2D eigenvalue weighted by Gasteiger charge is -1.98. The molecule has 3 aromatic rings. The van der Waals surface area contributed by atoms with Gasteiger partial charge >= 0.3 is 0 Å². The van der Waals surface area contributed by atoms with E-state index in [0.717, 1.165) is 16.6 Å². The molecule has 0 amide bonds. The normalized spacial score (nSPS) is 11.2. The summed E-state index contributed by atoms with van der Waals surface area (Å²) >= 11 is 3.15. The number of halogens is 2. The summed E-state index contributed by atoms with van der Waals surface area (Å²) in [7, 11) is 0. The minimum absolute atomic E-state index is 0.287. The minimum atomic E-state index is -0.287. The molecule has 2 aromatic carbocycles. The summed E-state index contributed by atoms with van der Waals surface area (Å²) in [5.74, 6) is 0.400. The Kier molecular flexibility index (Phi) is 2.90. The molecule has 0 atom stereocenters. The van der Waals surface area contributed by atoms with Crippen LogP contribution >= 0.6 is 15.9 Å². The first-order chi connectivity index (χ1) is 9.04. The van der Waals surface area contributed by atoms with Crippen molar-refractivity contribution in [2.75, 3.05) is 0 Å². The van der Waals surface area contributed by atoms with Crippen molar-refractivity contribution in [1.29, 1.82) is 0 Å². The molecule has 1 heterocycles. The van der Waals surface area contributed by atoms with Crippen molar-refractivity contribution in [3.8, 4) is 11.4 Å². The van der Waals surface area contributed by atoms with E-state index in [4.69, 9.17) is 0 Å². The molecular weight excluding hydrogens is 307 g/mol. The summed E-state index contributed by atoms with van der Waals surface area (Å²) in [6, 6.07) is 9.11. The van der Waals surface area contributed by atoms with Crippen LogP contribution in [0, 0.1) is 19.7 Å². The smallest absolute Gasteiger partial charge is 0.138 e. The van der Waals surface area contributed by atoms with Crippen LogP contribution in [0.5, 0.6) is 0 Å². The van der Waals surface area contributed by atoms with Crippen LogP contribution in [0.25, 0.3) is 22.4 Å². The highest BCUT2D eigenvalue weighted by molar-refractivity contribution is 9.10. The largest absolute Gasteiger partial charge is 0.338 e. The van der Waals surface area contributed by atoms with Gasteiger partial charge in [-0.1, -0.05) is 0 Å². The predicted molar refractivity (Wildman–Crippen MR) is 78.7 cm³/mol. The zero-order chi connectivity index (χ0) is 13.6. The Labute approximate surface area is 118 Å². The quantitative estimate of drug-likeness (QED) is 0.689. The monoisotopic (exact) mass is 318 g/mol. The number of imidazole rings is 1. The minimum Gasteiger partial charge on any atom is -0.338 e. The van der Waals surface area contributed by atoms with Gasteiger partial charge in [0, 0.05) is 5.56 Å². The van der Waals surface area contributed by atoms with Crippen molar-refractivity contribution >= 4 is 27.0 Å². The van der Waals surface area contributed by atoms with Crippen molar-refractivity contribution in [1.82, 2.24) is 9.97 Å². The molecule has 0 radical (unpaired) electrons. The molecule has 1 N–H and O–H groups in total. The molecule has 0 saturated heterocycles. The van der Waals surface area contributed by atoms with Crippen molar-refractivity contribution in [3.05, 3.63) is 51.7 Å². The molecule has 0 bridgehead atoms. The zero-order valence-electron chi connectivity index (χ0n) is 10.6. The number of H-pyrrole nitrogens is 1. The van der Waals surface area contributed by atoms with E-state index in [-0.39, 0.29) is 5.82 Å². The average Bonchev–Trinajstić information content (AvgIpc) is 2.76. The van der Waals surface area contributed by atoms with E-state index in [1.165, 1.54) is 17.2 Å². The first-order valence-electron chi connectivity index (χ1n) is 5.97. The Hall–Kier alpha value is -1.68. The van der Waals surface area contributed by atoms with Gasteiger partial charge in [-0.3, -0.25) is 0 Å². The van der Waals surface area contributed by atoms with Gasteiger partial charge in [-0.25, -0.2) is 9.37 Å². The molecule has 0 spiro atoms. The second-order valence-electron chi connectivity index (χ2n) is 4.67. The molecule has 19 heavy (non-hydrogen) atoms. The number of nitrogens with one attached hydrogen (secondary N) is 1. The maximum absolute atomic E-state index is 13.6. The molecular formula is C15H12BrFN2. The average molecular weight is 319 g/mol. The first kappa shape index (κ1) is 12.4. The number of aromatic amines is 1. The number of hydrogen-bond acceptors (Lipinski definition) is 1. The Bertz CT molecular complexity index is 738. The lowest BCUT2D eigenvalue weighted by atomic mass is 10.1. The van der Waals surface area contributed by atoms with Gasteiger partial charge in [-0.05, 0) is 71.2 Å². The van der Waals surface area contributed by atoms with E-state index in [9.17, 15) is 4.39 Å². The van der Waals surface area contributed by atoms with E-state index < -0.39 is 0 Å². The number of benzene rings is 2. The van der Waals surface area contributed by atoms with Gasteiger partial charge in [0.15, 0.2) is 0 Å². The van der Waals surface area contributed by atoms with Crippen LogP contribution in [0.4, 0.5) is 4.39 Å². The first-order valence-corrected chi connectivity index (χ1v) is 6.76. The highest BCUT2D eigenvalue weighted by atomic mass is 79.9. The van der Waals surface area contributed by atoms with Crippen LogP contribution in [0.15, 0.2) is 34.8 Å². The van der Waals surface area contributed by atoms with Gasteiger partial charge in [0.2, 0.25) is 0 Å². The number of nitrogens with zero attached hydrogens (tertiary/aromatic N) is 1. The molecule has 96 valence electrons. The topological polar surface area (TPSA) is 28.7 Å². The second kappa shape index (κ2) is 4.46. The number of hydrogen-bond donors (Lipinski definition) is 1. The Morgan fingerprint density at radius 3 is 2.58 bits per heavy atom. The molecule has 2 nitrogen and oxygen atoms in total. The Morgan fingerprint density at radius 2 is 1.84 bits per heavy atom. The standard InChI is InChI=1S/C15H12BrFN2/c1-8-5-13-14(6-9(8)2)19-15(18-13)10-3-4-11(16)12(17)7-10/h3-7H,1-2H3,(H,18,19). The number of rotatable bonds is 1. The maximum atomic E-state index is 13.6. The molecule has 0 aliphatic rings. The van der Waals surface area contributed by atoms with Crippen molar-refractivity contribution in [3.63, 3.8) is 0 Å². The van der Waals surface area contributed by atoms with Crippen LogP contribution in [-0.4, -0.2) is 9.97 Å². The molecule has 4 heteroatoms. The van der Waals surface area contributed by atoms with Gasteiger partial charge in [0.1, 0.15) is 11.6 Å². The van der Waals surface area contributed by atoms with Crippen molar-refractivity contribution in [2.24, 2.45) is 0 Å². The van der Waals surface area contributed by atoms with Gasteiger partial charge in [0.25, 0.3) is 0 Å². The van der Waals surface area contributed by atoms with E-state index >= 15 is 0 Å². The highest BCUT2D eigenvalue weighted by Crippen LogP contribution is 2.25. The summed E-state index contributed by atoms with van der Waals surface area (Å²) in [6.07, 6.45) is 0. The van der Waals surface area contributed by atoms with E-state index in [2.05, 4.69) is 45.8 Å². The fourth-order valence-electron chi connectivity index (χ4n) is 2.05. The molecule has 3 rings (SSSR count). The van der Waals surface area contributed by atoms with Gasteiger partial charge in [-0.15, -0.1) is 0 Å². The lowest BCUT2D eigenvalue weighted by molar-refractivity contribution is 0.621. The van der Waals surface area contributed by atoms with E-state index in [0.29, 0.717) is 10.3 Å². The summed E-state index contributed by atoms with van der Waals surface area (Å²) < 4.78 is 14.0. The third-order valence-electron chi connectivity index (χ3n) is 3.29. The second-order valence-corrected chi connectivity index (χ2v) is 5.52. The van der Waals surface area contributed by atoms with Gasteiger partial charge in [0.05, 0.1) is 15.5 Å². The van der Waals surface area contributed by atoms with Crippen LogP contribution < -0.4 is 0 Å². The molecule has 1 aromatic heterocycles. The van der Waals surface area contributed by atoms with Crippen LogP contribution in [0.1, 0.15) is 11.1 Å². The molecule has 0 aliphatic carbocycles. The number of aryl methyl sites for hydroxylation is 2. The number of fused-ring (bicyclic) bond motifs is 1. The lowest BCUT2D eigenvalue weighted by Crippen LogP contribution is -1.83. The fraction of sp³-hybridized carbons (Fsp3) is 0.133. The summed E-state index contributed by atoms with van der Waals surface area (Å²) in [5, 5.41) is 0. The Morgan fingerprint density at radius 1 is 1.11 bits per heavy atom. The molecule has 0 fully saturated rings. The summed E-state index contributed by atoms with van der Waals surface area (Å²) in [4.78, 5) is 7.75. The predicted octanol–water partition coefficient (Wildman–Crippen LogP) is 4.75. The zero-order valence-corrected chi connectivity index (χ0v) is 12.2. The maximum Gasteiger partial charge on any atom is 0.138 e. The summed E-state index contributed by atoms with van der Waals surface area (Å²) in [5.41, 5.74) is 5.03. The van der Waals surface area contributed by atoms with Crippen LogP contribution in [0.2, 0.25) is 0 Å². The van der Waals surface area contributed by atoms with E-state index in [1.807, 2.05) is 12.1 Å². The van der Waals surface area contributed by atoms with Gasteiger partial charge < -0.3 is 4.98 Å².